The molecule has 1 aliphatic heterocycles. The number of hydrogen-bond donors (Lipinski definition) is 1. The minimum atomic E-state index is -4.02. The number of carbonyl (C=O) groups excluding carboxylic acids is 2. The van der Waals surface area contributed by atoms with E-state index >= 15 is 0 Å². The molecule has 0 aromatic heterocycles. The molecule has 8 heteroatoms. The lowest BCUT2D eigenvalue weighted by molar-refractivity contribution is 0.0710. The van der Waals surface area contributed by atoms with Gasteiger partial charge in [-0.15, -0.1) is 0 Å². The maximum atomic E-state index is 13.5. The summed E-state index contributed by atoms with van der Waals surface area (Å²) >= 11 is 6.31. The van der Waals surface area contributed by atoms with Crippen molar-refractivity contribution in [3.8, 4) is 0 Å². The van der Waals surface area contributed by atoms with Crippen molar-refractivity contribution in [3.05, 3.63) is 93.7 Å². The third-order valence-corrected chi connectivity index (χ3v) is 7.75. The van der Waals surface area contributed by atoms with Crippen LogP contribution in [0.2, 0.25) is 5.02 Å². The molecule has 35 heavy (non-hydrogen) atoms. The molecule has 4 rings (SSSR count). The summed E-state index contributed by atoms with van der Waals surface area (Å²) in [5.41, 5.74) is 2.31. The van der Waals surface area contributed by atoms with Gasteiger partial charge in [0.25, 0.3) is 21.8 Å². The van der Waals surface area contributed by atoms with E-state index in [1.807, 2.05) is 39.8 Å². The number of amides is 2. The molecule has 1 N–H and O–H groups in total. The van der Waals surface area contributed by atoms with Crippen molar-refractivity contribution < 1.29 is 18.0 Å². The van der Waals surface area contributed by atoms with Gasteiger partial charge in [-0.2, -0.15) is 0 Å². The molecule has 1 heterocycles. The predicted octanol–water partition coefficient (Wildman–Crippen LogP) is 6.21. The number of hydrogen-bond acceptors (Lipinski definition) is 4. The van der Waals surface area contributed by atoms with Crippen LogP contribution in [0, 0.1) is 0 Å². The molecule has 2 aromatic rings. The van der Waals surface area contributed by atoms with Crippen LogP contribution in [-0.2, 0) is 15.4 Å². The molecule has 2 amide bonds. The summed E-state index contributed by atoms with van der Waals surface area (Å²) in [6.07, 6.45) is 8.87. The first-order valence-corrected chi connectivity index (χ1v) is 13.1. The molecule has 0 radical (unpaired) electrons. The lowest BCUT2D eigenvalue weighted by atomic mass is 9.87. The van der Waals surface area contributed by atoms with Gasteiger partial charge in [0.2, 0.25) is 0 Å². The zero-order valence-corrected chi connectivity index (χ0v) is 21.6. The molecule has 0 fully saturated rings. The molecular weight excluding hydrogens is 484 g/mol. The average Bonchev–Trinajstić information content (AvgIpc) is 3.04. The molecule has 1 aliphatic carbocycles. The SMILES string of the molecule is C/C1=C/C=C(N2C(=O)c3c(Cl)ccc(NS(=O)(=O)c4ccc(C(C)(C)C)cc4)c3C2=O)\C=C/CC1. The number of fused-ring (bicyclic) bond motifs is 1. The maximum Gasteiger partial charge on any atom is 0.268 e. The van der Waals surface area contributed by atoms with Gasteiger partial charge in [0.05, 0.1) is 32.4 Å². The minimum Gasteiger partial charge on any atom is -0.279 e. The number of carbonyl (C=O) groups is 2. The molecule has 6 nitrogen and oxygen atoms in total. The van der Waals surface area contributed by atoms with Gasteiger partial charge in [-0.25, -0.2) is 13.3 Å². The summed E-state index contributed by atoms with van der Waals surface area (Å²) in [6, 6.07) is 9.40. The third kappa shape index (κ3) is 4.83. The van der Waals surface area contributed by atoms with E-state index in [1.54, 1.807) is 24.3 Å². The molecule has 0 atom stereocenters. The van der Waals surface area contributed by atoms with E-state index in [4.69, 9.17) is 11.6 Å². The number of sulfonamides is 1. The monoisotopic (exact) mass is 510 g/mol. The van der Waals surface area contributed by atoms with Crippen molar-refractivity contribution in [1.82, 2.24) is 4.90 Å². The van der Waals surface area contributed by atoms with E-state index < -0.39 is 21.8 Å². The Morgan fingerprint density at radius 3 is 2.26 bits per heavy atom. The highest BCUT2D eigenvalue weighted by atomic mass is 35.5. The molecular formula is C27H27ClN2O4S. The van der Waals surface area contributed by atoms with E-state index in [0.29, 0.717) is 5.70 Å². The molecule has 0 saturated carbocycles. The summed E-state index contributed by atoms with van der Waals surface area (Å²) in [7, 11) is -4.02. The highest BCUT2D eigenvalue weighted by Gasteiger charge is 2.41. The molecule has 2 aromatic carbocycles. The predicted molar refractivity (Wildman–Crippen MR) is 138 cm³/mol. The Balaban J connectivity index is 1.73. The van der Waals surface area contributed by atoms with E-state index in [9.17, 15) is 18.0 Å². The zero-order chi connectivity index (χ0) is 25.5. The fraction of sp³-hybridized carbons (Fsp3) is 0.259. The van der Waals surface area contributed by atoms with E-state index in [0.717, 1.165) is 28.9 Å². The number of benzene rings is 2. The maximum absolute atomic E-state index is 13.5. The first-order valence-electron chi connectivity index (χ1n) is 11.3. The summed E-state index contributed by atoms with van der Waals surface area (Å²) < 4.78 is 28.8. The van der Waals surface area contributed by atoms with Gasteiger partial charge >= 0.3 is 0 Å². The Bertz CT molecular complexity index is 1410. The molecule has 0 bridgehead atoms. The first kappa shape index (κ1) is 24.9. The standard InChI is InChI=1S/C27H27ClN2O4S/c1-17-7-5-6-8-19(12-9-17)30-25(31)23-21(28)15-16-22(24(23)26(30)32)29-35(33,34)20-13-10-18(11-14-20)27(2,3)4/h6,8-16,29H,5,7H2,1-4H3/b8-6-,17-9-,19-12+. The van der Waals surface area contributed by atoms with Gasteiger partial charge in [-0.05, 0) is 67.2 Å². The summed E-state index contributed by atoms with van der Waals surface area (Å²) in [5.74, 6) is -1.22. The quantitative estimate of drug-likeness (QED) is 0.495. The van der Waals surface area contributed by atoms with Crippen molar-refractivity contribution in [3.63, 3.8) is 0 Å². The Morgan fingerprint density at radius 2 is 1.60 bits per heavy atom. The van der Waals surface area contributed by atoms with Gasteiger partial charge in [0.1, 0.15) is 0 Å². The molecule has 2 aliphatic rings. The number of rotatable bonds is 4. The van der Waals surface area contributed by atoms with Crippen molar-refractivity contribution in [2.45, 2.75) is 50.8 Å². The van der Waals surface area contributed by atoms with Crippen LogP contribution >= 0.6 is 11.6 Å². The van der Waals surface area contributed by atoms with Crippen LogP contribution in [0.3, 0.4) is 0 Å². The van der Waals surface area contributed by atoms with Gasteiger partial charge < -0.3 is 0 Å². The topological polar surface area (TPSA) is 83.6 Å². The minimum absolute atomic E-state index is 0.00675. The Morgan fingerprint density at radius 1 is 0.943 bits per heavy atom. The second kappa shape index (κ2) is 9.13. The van der Waals surface area contributed by atoms with Crippen LogP contribution in [0.1, 0.15) is 66.8 Å². The van der Waals surface area contributed by atoms with Crippen molar-refractivity contribution in [1.29, 1.82) is 0 Å². The van der Waals surface area contributed by atoms with Crippen LogP contribution in [0.5, 0.6) is 0 Å². The number of nitrogens with zero attached hydrogens (tertiary/aromatic N) is 1. The summed E-state index contributed by atoms with van der Waals surface area (Å²) in [4.78, 5) is 27.8. The number of nitrogens with one attached hydrogen (secondary N) is 1. The summed E-state index contributed by atoms with van der Waals surface area (Å²) in [5, 5.41) is 0.0838. The Kier molecular flexibility index (Phi) is 6.51. The van der Waals surface area contributed by atoms with Crippen LogP contribution < -0.4 is 4.72 Å². The molecule has 0 spiro atoms. The van der Waals surface area contributed by atoms with Crippen molar-refractivity contribution in [2.75, 3.05) is 4.72 Å². The van der Waals surface area contributed by atoms with E-state index in [1.165, 1.54) is 24.3 Å². The lowest BCUT2D eigenvalue weighted by Gasteiger charge is -2.19. The van der Waals surface area contributed by atoms with Gasteiger partial charge in [0.15, 0.2) is 0 Å². The van der Waals surface area contributed by atoms with Gasteiger partial charge in [-0.1, -0.05) is 62.2 Å². The molecule has 0 unspecified atom stereocenters. The van der Waals surface area contributed by atoms with Gasteiger partial charge in [0, 0.05) is 0 Å². The molecule has 182 valence electrons. The number of imide groups is 1. The summed E-state index contributed by atoms with van der Waals surface area (Å²) in [6.45, 7) is 8.10. The third-order valence-electron chi connectivity index (χ3n) is 6.05. The fourth-order valence-electron chi connectivity index (χ4n) is 4.01. The number of allylic oxidation sites excluding steroid dienone is 5. The van der Waals surface area contributed by atoms with Crippen LogP contribution in [0.25, 0.3) is 0 Å². The largest absolute Gasteiger partial charge is 0.279 e. The normalized spacial score (nSPS) is 20.3. The second-order valence-corrected chi connectivity index (χ2v) is 11.8. The van der Waals surface area contributed by atoms with Gasteiger partial charge in [-0.3, -0.25) is 14.3 Å². The highest BCUT2D eigenvalue weighted by molar-refractivity contribution is 7.92. The Hall–Kier alpha value is -3.16. The number of halogens is 1. The van der Waals surface area contributed by atoms with Crippen LogP contribution in [0.15, 0.2) is 76.9 Å². The first-order chi connectivity index (χ1) is 16.4. The fourth-order valence-corrected chi connectivity index (χ4v) is 5.32. The van der Waals surface area contributed by atoms with Crippen LogP contribution in [-0.4, -0.2) is 25.1 Å². The van der Waals surface area contributed by atoms with Crippen LogP contribution in [0.4, 0.5) is 5.69 Å². The van der Waals surface area contributed by atoms with E-state index in [2.05, 4.69) is 4.72 Å². The zero-order valence-electron chi connectivity index (χ0n) is 20.1. The van der Waals surface area contributed by atoms with E-state index in [-0.39, 0.29) is 32.1 Å². The molecule has 0 saturated heterocycles. The van der Waals surface area contributed by atoms with Crippen molar-refractivity contribution in [2.24, 2.45) is 0 Å². The Labute approximate surface area is 211 Å². The number of anilines is 1. The van der Waals surface area contributed by atoms with Crippen molar-refractivity contribution >= 4 is 39.1 Å². The highest BCUT2D eigenvalue weighted by Crippen LogP contribution is 2.38. The second-order valence-electron chi connectivity index (χ2n) is 9.72. The lowest BCUT2D eigenvalue weighted by Crippen LogP contribution is -2.28. The average molecular weight is 511 g/mol. The smallest absolute Gasteiger partial charge is 0.268 e.